The molecule has 0 bridgehead atoms. The Morgan fingerprint density at radius 2 is 2.27 bits per heavy atom. The lowest BCUT2D eigenvalue weighted by molar-refractivity contribution is -0.134. The van der Waals surface area contributed by atoms with Crippen LogP contribution in [0.5, 0.6) is 0 Å². The molecule has 0 amide bonds. The lowest BCUT2D eigenvalue weighted by atomic mass is 10.2. The zero-order valence-corrected chi connectivity index (χ0v) is 9.51. The van der Waals surface area contributed by atoms with Crippen molar-refractivity contribution in [2.75, 3.05) is 12.8 Å². The number of nitrogen functional groups attached to an aromatic ring is 1. The molecule has 1 rings (SSSR count). The predicted molar refractivity (Wildman–Crippen MR) is 62.6 cm³/mol. The maximum absolute atomic E-state index is 10.8. The minimum absolute atomic E-state index is 0.357. The molecule has 0 saturated heterocycles. The van der Waals surface area contributed by atoms with E-state index in [1.807, 2.05) is 25.1 Å². The number of ether oxygens (including phenoxy) is 1. The second kappa shape index (κ2) is 5.46. The summed E-state index contributed by atoms with van der Waals surface area (Å²) >= 11 is 1.44. The molecule has 0 spiro atoms. The van der Waals surface area contributed by atoms with E-state index in [-0.39, 0.29) is 5.97 Å². The van der Waals surface area contributed by atoms with Gasteiger partial charge in [-0.15, -0.1) is 0 Å². The van der Waals surface area contributed by atoms with Crippen LogP contribution in [0.2, 0.25) is 0 Å². The smallest absolute Gasteiger partial charge is 0.330 e. The largest absolute Gasteiger partial charge is 0.466 e. The standard InChI is InChI=1S/C11H13NO2S/c1-8-9(12)4-3-5-10(8)15-7-6-11(13)14-2/h3-7H,12H2,1-2H3. The van der Waals surface area contributed by atoms with Crippen LogP contribution in [0.1, 0.15) is 5.56 Å². The third kappa shape index (κ3) is 3.32. The van der Waals surface area contributed by atoms with Gasteiger partial charge in [-0.2, -0.15) is 0 Å². The van der Waals surface area contributed by atoms with Crippen LogP contribution in [0.25, 0.3) is 0 Å². The molecule has 0 heterocycles. The first kappa shape index (κ1) is 11.7. The van der Waals surface area contributed by atoms with Crippen molar-refractivity contribution in [1.82, 2.24) is 0 Å². The molecule has 0 atom stereocenters. The van der Waals surface area contributed by atoms with E-state index >= 15 is 0 Å². The van der Waals surface area contributed by atoms with Gasteiger partial charge in [0.05, 0.1) is 7.11 Å². The first-order valence-electron chi connectivity index (χ1n) is 4.41. The molecule has 2 N–H and O–H groups in total. The third-order valence-corrected chi connectivity index (χ3v) is 2.89. The van der Waals surface area contributed by atoms with Crippen LogP contribution in [-0.4, -0.2) is 13.1 Å². The van der Waals surface area contributed by atoms with E-state index in [1.165, 1.54) is 24.9 Å². The maximum Gasteiger partial charge on any atom is 0.330 e. The van der Waals surface area contributed by atoms with E-state index in [9.17, 15) is 4.79 Å². The van der Waals surface area contributed by atoms with Gasteiger partial charge >= 0.3 is 5.97 Å². The summed E-state index contributed by atoms with van der Waals surface area (Å²) in [6, 6.07) is 5.69. The molecule has 0 saturated carbocycles. The van der Waals surface area contributed by atoms with Gasteiger partial charge in [-0.05, 0) is 30.0 Å². The molecule has 0 radical (unpaired) electrons. The minimum atomic E-state index is -0.357. The van der Waals surface area contributed by atoms with Crippen LogP contribution in [0.15, 0.2) is 34.6 Å². The lowest BCUT2D eigenvalue weighted by Crippen LogP contribution is -1.93. The van der Waals surface area contributed by atoms with Crippen molar-refractivity contribution in [3.63, 3.8) is 0 Å². The number of anilines is 1. The van der Waals surface area contributed by atoms with Gasteiger partial charge in [-0.3, -0.25) is 0 Å². The number of methoxy groups -OCH3 is 1. The summed E-state index contributed by atoms with van der Waals surface area (Å²) in [5.74, 6) is -0.357. The van der Waals surface area contributed by atoms with Crippen molar-refractivity contribution in [3.05, 3.63) is 35.2 Å². The highest BCUT2D eigenvalue weighted by molar-refractivity contribution is 8.02. The van der Waals surface area contributed by atoms with Crippen LogP contribution in [0.3, 0.4) is 0 Å². The number of rotatable bonds is 3. The van der Waals surface area contributed by atoms with Crippen LogP contribution in [-0.2, 0) is 9.53 Å². The maximum atomic E-state index is 10.8. The Morgan fingerprint density at radius 3 is 2.93 bits per heavy atom. The molecule has 0 aliphatic rings. The number of nitrogens with two attached hydrogens (primary N) is 1. The average molecular weight is 223 g/mol. The number of carbonyl (C=O) groups excluding carboxylic acids is 1. The number of hydrogen-bond donors (Lipinski definition) is 1. The van der Waals surface area contributed by atoms with Gasteiger partial charge < -0.3 is 10.5 Å². The second-order valence-corrected chi connectivity index (χ2v) is 3.86. The van der Waals surface area contributed by atoms with Crippen molar-refractivity contribution < 1.29 is 9.53 Å². The summed E-state index contributed by atoms with van der Waals surface area (Å²) in [5.41, 5.74) is 7.53. The molecule has 0 aliphatic heterocycles. The van der Waals surface area contributed by atoms with Crippen molar-refractivity contribution >= 4 is 23.4 Å². The quantitative estimate of drug-likeness (QED) is 0.370. The van der Waals surface area contributed by atoms with Gasteiger partial charge in [-0.25, -0.2) is 4.79 Å². The Morgan fingerprint density at radius 1 is 1.53 bits per heavy atom. The molecule has 0 aromatic heterocycles. The fourth-order valence-electron chi connectivity index (χ4n) is 0.990. The fourth-order valence-corrected chi connectivity index (χ4v) is 1.77. The molecule has 15 heavy (non-hydrogen) atoms. The molecular weight excluding hydrogens is 210 g/mol. The van der Waals surface area contributed by atoms with Crippen LogP contribution in [0.4, 0.5) is 5.69 Å². The summed E-state index contributed by atoms with van der Waals surface area (Å²) in [7, 11) is 1.35. The molecule has 3 nitrogen and oxygen atoms in total. The molecule has 0 fully saturated rings. The predicted octanol–water partition coefficient (Wildman–Crippen LogP) is 2.36. The number of esters is 1. The topological polar surface area (TPSA) is 52.3 Å². The Kier molecular flexibility index (Phi) is 4.24. The Hall–Kier alpha value is -1.42. The zero-order chi connectivity index (χ0) is 11.3. The Labute approximate surface area is 93.3 Å². The summed E-state index contributed by atoms with van der Waals surface area (Å²) < 4.78 is 4.48. The van der Waals surface area contributed by atoms with Crippen LogP contribution < -0.4 is 5.73 Å². The van der Waals surface area contributed by atoms with Crippen molar-refractivity contribution in [2.24, 2.45) is 0 Å². The normalized spacial score (nSPS) is 10.5. The van der Waals surface area contributed by atoms with Gasteiger partial charge in [0.2, 0.25) is 0 Å². The van der Waals surface area contributed by atoms with Crippen molar-refractivity contribution in [2.45, 2.75) is 11.8 Å². The highest BCUT2D eigenvalue weighted by atomic mass is 32.2. The van der Waals surface area contributed by atoms with Crippen molar-refractivity contribution in [1.29, 1.82) is 0 Å². The van der Waals surface area contributed by atoms with E-state index in [2.05, 4.69) is 4.74 Å². The Balaban J connectivity index is 2.70. The number of benzene rings is 1. The molecule has 0 unspecified atom stereocenters. The molecule has 80 valence electrons. The van der Waals surface area contributed by atoms with Crippen LogP contribution in [0, 0.1) is 6.92 Å². The zero-order valence-electron chi connectivity index (χ0n) is 8.69. The van der Waals surface area contributed by atoms with Gasteiger partial charge in [0.25, 0.3) is 0 Å². The van der Waals surface area contributed by atoms with Crippen LogP contribution >= 0.6 is 11.8 Å². The molecule has 1 aromatic carbocycles. The summed E-state index contributed by atoms with van der Waals surface area (Å²) in [6.07, 6.45) is 1.38. The van der Waals surface area contributed by atoms with Gasteiger partial charge in [-0.1, -0.05) is 17.8 Å². The fraction of sp³-hybridized carbons (Fsp3) is 0.182. The third-order valence-electron chi connectivity index (χ3n) is 1.93. The first-order chi connectivity index (χ1) is 7.15. The van der Waals surface area contributed by atoms with E-state index < -0.39 is 0 Å². The molecular formula is C11H13NO2S. The lowest BCUT2D eigenvalue weighted by Gasteiger charge is -2.04. The summed E-state index contributed by atoms with van der Waals surface area (Å²) in [4.78, 5) is 11.8. The van der Waals surface area contributed by atoms with Gasteiger partial charge in [0.15, 0.2) is 0 Å². The average Bonchev–Trinajstić information content (AvgIpc) is 2.24. The number of carbonyl (C=O) groups is 1. The van der Waals surface area contributed by atoms with Gasteiger partial charge in [0.1, 0.15) is 0 Å². The highest BCUT2D eigenvalue weighted by Gasteiger charge is 1.99. The minimum Gasteiger partial charge on any atom is -0.466 e. The number of hydrogen-bond acceptors (Lipinski definition) is 4. The van der Waals surface area contributed by atoms with E-state index in [0.717, 1.165) is 16.1 Å². The molecule has 1 aromatic rings. The van der Waals surface area contributed by atoms with Gasteiger partial charge in [0, 0.05) is 16.7 Å². The first-order valence-corrected chi connectivity index (χ1v) is 5.29. The molecule has 4 heteroatoms. The number of thioether (sulfide) groups is 1. The Bertz CT molecular complexity index is 388. The van der Waals surface area contributed by atoms with E-state index in [4.69, 9.17) is 5.73 Å². The SMILES string of the molecule is COC(=O)C=CSc1cccc(N)c1C. The molecule has 0 aliphatic carbocycles. The monoisotopic (exact) mass is 223 g/mol. The van der Waals surface area contributed by atoms with E-state index in [0.29, 0.717) is 0 Å². The van der Waals surface area contributed by atoms with E-state index in [1.54, 1.807) is 5.41 Å². The van der Waals surface area contributed by atoms with Crippen molar-refractivity contribution in [3.8, 4) is 0 Å². The summed E-state index contributed by atoms with van der Waals surface area (Å²) in [6.45, 7) is 1.95. The second-order valence-electron chi connectivity index (χ2n) is 2.91. The summed E-state index contributed by atoms with van der Waals surface area (Å²) in [5, 5.41) is 1.69. The highest BCUT2D eigenvalue weighted by Crippen LogP contribution is 2.26.